The molecule has 0 amide bonds. The van der Waals surface area contributed by atoms with E-state index < -0.39 is 0 Å². The first-order valence-corrected chi connectivity index (χ1v) is 6.18. The van der Waals surface area contributed by atoms with Gasteiger partial charge in [-0.15, -0.1) is 11.3 Å². The molecule has 0 bridgehead atoms. The molecule has 3 heteroatoms. The molecule has 1 saturated carbocycles. The number of hydrogen-bond donors (Lipinski definition) is 1. The molecule has 1 unspecified atom stereocenters. The number of thiazole rings is 1. The van der Waals surface area contributed by atoms with Gasteiger partial charge in [0.05, 0.1) is 5.69 Å². The molecule has 0 saturated heterocycles. The van der Waals surface area contributed by atoms with Gasteiger partial charge in [-0.3, -0.25) is 0 Å². The summed E-state index contributed by atoms with van der Waals surface area (Å²) in [4.78, 5) is 4.48. The second-order valence-corrected chi connectivity index (χ2v) is 5.63. The van der Waals surface area contributed by atoms with E-state index >= 15 is 0 Å². The molecule has 0 spiro atoms. The van der Waals surface area contributed by atoms with Crippen molar-refractivity contribution in [2.75, 3.05) is 11.9 Å². The van der Waals surface area contributed by atoms with Crippen LogP contribution in [0.5, 0.6) is 0 Å². The first kappa shape index (κ1) is 9.97. The van der Waals surface area contributed by atoms with Crippen LogP contribution in [0.25, 0.3) is 0 Å². The van der Waals surface area contributed by atoms with Crippen LogP contribution < -0.4 is 5.32 Å². The molecule has 0 aromatic carbocycles. The molecule has 1 N–H and O–H groups in total. The average Bonchev–Trinajstić information content (AvgIpc) is 2.62. The highest BCUT2D eigenvalue weighted by Gasteiger charge is 2.44. The zero-order valence-electron chi connectivity index (χ0n) is 9.13. The summed E-state index contributed by atoms with van der Waals surface area (Å²) in [6, 6.07) is 0. The van der Waals surface area contributed by atoms with E-state index in [0.29, 0.717) is 5.41 Å². The SMILES string of the molecule is CCc1csc(NCC2CC2(C)C)n1. The molecule has 0 aliphatic heterocycles. The molecule has 1 aliphatic carbocycles. The minimum atomic E-state index is 0.567. The lowest BCUT2D eigenvalue weighted by Gasteiger charge is -2.03. The summed E-state index contributed by atoms with van der Waals surface area (Å²) in [5.74, 6) is 0.844. The fourth-order valence-electron chi connectivity index (χ4n) is 1.69. The smallest absolute Gasteiger partial charge is 0.182 e. The van der Waals surface area contributed by atoms with Crippen molar-refractivity contribution in [3.8, 4) is 0 Å². The number of aryl methyl sites for hydroxylation is 1. The highest BCUT2D eigenvalue weighted by Crippen LogP contribution is 2.51. The number of hydrogen-bond acceptors (Lipinski definition) is 3. The van der Waals surface area contributed by atoms with Gasteiger partial charge in [-0.25, -0.2) is 4.98 Å². The second-order valence-electron chi connectivity index (χ2n) is 4.77. The second kappa shape index (κ2) is 3.54. The van der Waals surface area contributed by atoms with E-state index in [1.807, 2.05) is 0 Å². The molecule has 1 aromatic rings. The van der Waals surface area contributed by atoms with Gasteiger partial charge in [0.2, 0.25) is 0 Å². The van der Waals surface area contributed by atoms with Gasteiger partial charge in [-0.05, 0) is 24.2 Å². The van der Waals surface area contributed by atoms with Crippen LogP contribution in [-0.2, 0) is 6.42 Å². The van der Waals surface area contributed by atoms with E-state index in [4.69, 9.17) is 0 Å². The number of nitrogens with one attached hydrogen (secondary N) is 1. The van der Waals surface area contributed by atoms with Crippen molar-refractivity contribution in [1.82, 2.24) is 4.98 Å². The number of rotatable bonds is 4. The Bertz CT molecular complexity index is 317. The lowest BCUT2D eigenvalue weighted by molar-refractivity contribution is 0.573. The molecule has 1 aromatic heterocycles. The summed E-state index contributed by atoms with van der Waals surface area (Å²) in [5.41, 5.74) is 1.77. The van der Waals surface area contributed by atoms with Crippen LogP contribution >= 0.6 is 11.3 Å². The maximum Gasteiger partial charge on any atom is 0.182 e. The normalized spacial score (nSPS) is 23.5. The molecule has 1 heterocycles. The van der Waals surface area contributed by atoms with E-state index in [1.54, 1.807) is 11.3 Å². The van der Waals surface area contributed by atoms with Gasteiger partial charge in [-0.2, -0.15) is 0 Å². The lowest BCUT2D eigenvalue weighted by Crippen LogP contribution is -2.06. The van der Waals surface area contributed by atoms with Gasteiger partial charge in [0, 0.05) is 11.9 Å². The van der Waals surface area contributed by atoms with Crippen molar-refractivity contribution in [3.63, 3.8) is 0 Å². The largest absolute Gasteiger partial charge is 0.361 e. The summed E-state index contributed by atoms with van der Waals surface area (Å²) in [5, 5.41) is 6.65. The molecule has 2 nitrogen and oxygen atoms in total. The minimum absolute atomic E-state index is 0.567. The van der Waals surface area contributed by atoms with Crippen molar-refractivity contribution >= 4 is 16.5 Å². The Balaban J connectivity index is 1.81. The van der Waals surface area contributed by atoms with E-state index in [0.717, 1.165) is 24.0 Å². The van der Waals surface area contributed by atoms with Crippen LogP contribution in [0.4, 0.5) is 5.13 Å². The maximum atomic E-state index is 4.48. The molecule has 14 heavy (non-hydrogen) atoms. The van der Waals surface area contributed by atoms with Crippen molar-refractivity contribution in [2.45, 2.75) is 33.6 Å². The first-order chi connectivity index (χ1) is 6.62. The lowest BCUT2D eigenvalue weighted by atomic mass is 10.1. The minimum Gasteiger partial charge on any atom is -0.361 e. The van der Waals surface area contributed by atoms with Crippen molar-refractivity contribution in [3.05, 3.63) is 11.1 Å². The third kappa shape index (κ3) is 2.08. The quantitative estimate of drug-likeness (QED) is 0.825. The van der Waals surface area contributed by atoms with Crippen molar-refractivity contribution in [1.29, 1.82) is 0 Å². The Kier molecular flexibility index (Phi) is 2.52. The topological polar surface area (TPSA) is 24.9 Å². The molecule has 1 atom stereocenters. The summed E-state index contributed by atoms with van der Waals surface area (Å²) >= 11 is 1.72. The number of anilines is 1. The Hall–Kier alpha value is -0.570. The molecule has 1 fully saturated rings. The average molecular weight is 210 g/mol. The van der Waals surface area contributed by atoms with E-state index in [1.165, 1.54) is 12.1 Å². The molecule has 78 valence electrons. The standard InChI is InChI=1S/C11H18N2S/c1-4-9-7-14-10(13-9)12-6-8-5-11(8,2)3/h7-8H,4-6H2,1-3H3,(H,12,13). The predicted molar refractivity (Wildman–Crippen MR) is 61.9 cm³/mol. The van der Waals surface area contributed by atoms with E-state index in [-0.39, 0.29) is 0 Å². The number of aromatic nitrogens is 1. The Morgan fingerprint density at radius 1 is 1.64 bits per heavy atom. The zero-order chi connectivity index (χ0) is 10.2. The monoisotopic (exact) mass is 210 g/mol. The van der Waals surface area contributed by atoms with Crippen molar-refractivity contribution in [2.24, 2.45) is 11.3 Å². The van der Waals surface area contributed by atoms with Crippen LogP contribution in [0.1, 0.15) is 32.9 Å². The van der Waals surface area contributed by atoms with Gasteiger partial charge in [0.15, 0.2) is 5.13 Å². The van der Waals surface area contributed by atoms with Crippen LogP contribution in [0.3, 0.4) is 0 Å². The third-order valence-corrected chi connectivity index (χ3v) is 3.98. The molecular weight excluding hydrogens is 192 g/mol. The van der Waals surface area contributed by atoms with Gasteiger partial charge >= 0.3 is 0 Å². The van der Waals surface area contributed by atoms with E-state index in [2.05, 4.69) is 36.5 Å². The van der Waals surface area contributed by atoms with E-state index in [9.17, 15) is 0 Å². The fourth-order valence-corrected chi connectivity index (χ4v) is 2.49. The van der Waals surface area contributed by atoms with Crippen LogP contribution in [0, 0.1) is 11.3 Å². The highest BCUT2D eigenvalue weighted by atomic mass is 32.1. The number of nitrogens with zero attached hydrogens (tertiary/aromatic N) is 1. The molecule has 0 radical (unpaired) electrons. The fraction of sp³-hybridized carbons (Fsp3) is 0.727. The summed E-state index contributed by atoms with van der Waals surface area (Å²) in [6.45, 7) is 7.89. The first-order valence-electron chi connectivity index (χ1n) is 5.30. The summed E-state index contributed by atoms with van der Waals surface area (Å²) in [6.07, 6.45) is 2.39. The molecule has 2 rings (SSSR count). The Morgan fingerprint density at radius 2 is 2.36 bits per heavy atom. The summed E-state index contributed by atoms with van der Waals surface area (Å²) in [7, 11) is 0. The molecular formula is C11H18N2S. The zero-order valence-corrected chi connectivity index (χ0v) is 9.95. The van der Waals surface area contributed by atoms with Gasteiger partial charge in [-0.1, -0.05) is 20.8 Å². The van der Waals surface area contributed by atoms with Crippen LogP contribution in [0.15, 0.2) is 5.38 Å². The predicted octanol–water partition coefficient (Wildman–Crippen LogP) is 3.16. The van der Waals surface area contributed by atoms with Crippen LogP contribution in [-0.4, -0.2) is 11.5 Å². The summed E-state index contributed by atoms with van der Waals surface area (Å²) < 4.78 is 0. The Morgan fingerprint density at radius 3 is 2.86 bits per heavy atom. The Labute approximate surface area is 89.8 Å². The highest BCUT2D eigenvalue weighted by molar-refractivity contribution is 7.13. The third-order valence-electron chi connectivity index (χ3n) is 3.13. The van der Waals surface area contributed by atoms with Gasteiger partial charge in [0.25, 0.3) is 0 Å². The maximum absolute atomic E-state index is 4.48. The molecule has 1 aliphatic rings. The van der Waals surface area contributed by atoms with Gasteiger partial charge in [0.1, 0.15) is 0 Å². The van der Waals surface area contributed by atoms with Crippen LogP contribution in [0.2, 0.25) is 0 Å². The van der Waals surface area contributed by atoms with Crippen molar-refractivity contribution < 1.29 is 0 Å². The van der Waals surface area contributed by atoms with Gasteiger partial charge < -0.3 is 5.32 Å².